The molecule has 0 amide bonds. The highest BCUT2D eigenvalue weighted by Gasteiger charge is 2.15. The van der Waals surface area contributed by atoms with Crippen molar-refractivity contribution < 1.29 is 9.15 Å². The van der Waals surface area contributed by atoms with E-state index in [4.69, 9.17) is 9.15 Å². The summed E-state index contributed by atoms with van der Waals surface area (Å²) in [5, 5.41) is 11.0. The summed E-state index contributed by atoms with van der Waals surface area (Å²) in [5.41, 5.74) is 1.03. The number of nitrogens with one attached hydrogen (secondary N) is 1. The van der Waals surface area contributed by atoms with E-state index in [9.17, 15) is 0 Å². The summed E-state index contributed by atoms with van der Waals surface area (Å²) in [4.78, 5) is 10.8. The summed E-state index contributed by atoms with van der Waals surface area (Å²) < 4.78 is 10.9. The van der Waals surface area contributed by atoms with Gasteiger partial charge in [0.1, 0.15) is 0 Å². The quantitative estimate of drug-likeness (QED) is 0.819. The maximum absolute atomic E-state index is 5.56. The molecule has 8 heteroatoms. The van der Waals surface area contributed by atoms with E-state index in [1.807, 2.05) is 19.4 Å². The van der Waals surface area contributed by atoms with E-state index in [0.29, 0.717) is 30.8 Å². The summed E-state index contributed by atoms with van der Waals surface area (Å²) >= 11 is 0. The van der Waals surface area contributed by atoms with Crippen molar-refractivity contribution in [3.05, 3.63) is 29.7 Å². The molecule has 1 aliphatic rings. The van der Waals surface area contributed by atoms with E-state index in [1.54, 1.807) is 6.92 Å². The number of aromatic nitrogens is 4. The number of ether oxygens (including phenoxy) is 1. The van der Waals surface area contributed by atoms with Crippen LogP contribution in [0.25, 0.3) is 0 Å². The molecule has 0 bridgehead atoms. The average Bonchev–Trinajstić information content (AvgIpc) is 3.18. The van der Waals surface area contributed by atoms with E-state index >= 15 is 0 Å². The Morgan fingerprint density at radius 3 is 2.74 bits per heavy atom. The lowest BCUT2D eigenvalue weighted by molar-refractivity contribution is 0.120. The molecule has 0 radical (unpaired) electrons. The third kappa shape index (κ3) is 4.70. The Morgan fingerprint density at radius 2 is 2.09 bits per heavy atom. The summed E-state index contributed by atoms with van der Waals surface area (Å²) in [5.74, 6) is 1.83. The van der Waals surface area contributed by atoms with Crippen LogP contribution in [-0.2, 0) is 17.8 Å². The second-order valence-corrected chi connectivity index (χ2v) is 5.82. The van der Waals surface area contributed by atoms with Crippen molar-refractivity contribution in [2.45, 2.75) is 39.0 Å². The average molecular weight is 318 g/mol. The molecule has 3 rings (SSSR count). The summed E-state index contributed by atoms with van der Waals surface area (Å²) in [7, 11) is 1.99. The normalized spacial score (nSPS) is 17.8. The van der Waals surface area contributed by atoms with Gasteiger partial charge >= 0.3 is 0 Å². The predicted molar refractivity (Wildman–Crippen MR) is 83.7 cm³/mol. The van der Waals surface area contributed by atoms with Crippen molar-refractivity contribution >= 4 is 5.95 Å². The van der Waals surface area contributed by atoms with Crippen LogP contribution in [-0.4, -0.2) is 51.4 Å². The molecule has 0 spiro atoms. The molecule has 2 aromatic heterocycles. The molecule has 3 heterocycles. The van der Waals surface area contributed by atoms with Gasteiger partial charge in [-0.05, 0) is 19.9 Å². The van der Waals surface area contributed by atoms with Gasteiger partial charge < -0.3 is 14.5 Å². The first-order valence-corrected chi connectivity index (χ1v) is 7.83. The summed E-state index contributed by atoms with van der Waals surface area (Å²) in [6, 6.07) is 0. The number of nitrogens with zero attached hydrogens (tertiary/aromatic N) is 5. The number of anilines is 1. The molecule has 0 aliphatic carbocycles. The van der Waals surface area contributed by atoms with Gasteiger partial charge in [-0.2, -0.15) is 0 Å². The van der Waals surface area contributed by atoms with Gasteiger partial charge in [0.25, 0.3) is 0 Å². The summed E-state index contributed by atoms with van der Waals surface area (Å²) in [6.45, 7) is 4.72. The Kier molecular flexibility index (Phi) is 5.14. The molecule has 2 aromatic rings. The van der Waals surface area contributed by atoms with Gasteiger partial charge in [-0.15, -0.1) is 10.2 Å². The minimum absolute atomic E-state index is 0.280. The highest BCUT2D eigenvalue weighted by Crippen LogP contribution is 2.12. The second kappa shape index (κ2) is 7.47. The van der Waals surface area contributed by atoms with Crippen molar-refractivity contribution in [2.75, 3.05) is 25.5 Å². The standard InChI is InChI=1S/C15H22N6O2/c1-11-19-20-14(23-11)10-21(2)9-12-6-16-15(17-7-12)18-8-13-4-3-5-22-13/h6-7,13H,3-5,8-10H2,1-2H3,(H,16,17,18)/t13-/m0/s1. The van der Waals surface area contributed by atoms with E-state index in [1.165, 1.54) is 0 Å². The zero-order chi connectivity index (χ0) is 16.1. The van der Waals surface area contributed by atoms with Crippen LogP contribution in [0.15, 0.2) is 16.8 Å². The first kappa shape index (κ1) is 15.8. The monoisotopic (exact) mass is 318 g/mol. The first-order chi connectivity index (χ1) is 11.2. The predicted octanol–water partition coefficient (Wildman–Crippen LogP) is 1.39. The minimum atomic E-state index is 0.280. The molecule has 8 nitrogen and oxygen atoms in total. The number of hydrogen-bond donors (Lipinski definition) is 1. The zero-order valence-electron chi connectivity index (χ0n) is 13.5. The molecule has 1 fully saturated rings. The van der Waals surface area contributed by atoms with Crippen molar-refractivity contribution in [1.29, 1.82) is 0 Å². The SMILES string of the molecule is Cc1nnc(CN(C)Cc2cnc(NC[C@@H]3CCCO3)nc2)o1. The fraction of sp³-hybridized carbons (Fsp3) is 0.600. The molecule has 124 valence electrons. The van der Waals surface area contributed by atoms with Crippen LogP contribution >= 0.6 is 0 Å². The van der Waals surface area contributed by atoms with E-state index in [0.717, 1.165) is 31.6 Å². The maximum atomic E-state index is 5.56. The topological polar surface area (TPSA) is 89.2 Å². The van der Waals surface area contributed by atoms with Gasteiger partial charge in [0, 0.05) is 44.6 Å². The second-order valence-electron chi connectivity index (χ2n) is 5.82. The van der Waals surface area contributed by atoms with Crippen LogP contribution in [0.2, 0.25) is 0 Å². The van der Waals surface area contributed by atoms with Crippen LogP contribution in [0.4, 0.5) is 5.95 Å². The number of hydrogen-bond acceptors (Lipinski definition) is 8. The molecule has 23 heavy (non-hydrogen) atoms. The van der Waals surface area contributed by atoms with E-state index in [-0.39, 0.29) is 6.10 Å². The van der Waals surface area contributed by atoms with Gasteiger partial charge in [-0.25, -0.2) is 9.97 Å². The number of aryl methyl sites for hydroxylation is 1. The molecular weight excluding hydrogens is 296 g/mol. The maximum Gasteiger partial charge on any atom is 0.230 e. The highest BCUT2D eigenvalue weighted by molar-refractivity contribution is 5.24. The lowest BCUT2D eigenvalue weighted by Crippen LogP contribution is -2.20. The molecule has 1 aliphatic heterocycles. The van der Waals surface area contributed by atoms with Crippen molar-refractivity contribution in [3.8, 4) is 0 Å². The lowest BCUT2D eigenvalue weighted by Gasteiger charge is -2.14. The molecule has 0 saturated carbocycles. The zero-order valence-corrected chi connectivity index (χ0v) is 13.5. The van der Waals surface area contributed by atoms with Crippen molar-refractivity contribution in [2.24, 2.45) is 0 Å². The Morgan fingerprint density at radius 1 is 1.26 bits per heavy atom. The van der Waals surface area contributed by atoms with Crippen LogP contribution in [0.5, 0.6) is 0 Å². The van der Waals surface area contributed by atoms with E-state index < -0.39 is 0 Å². The molecule has 0 aromatic carbocycles. The van der Waals surface area contributed by atoms with Crippen LogP contribution in [0.3, 0.4) is 0 Å². The third-order valence-electron chi connectivity index (χ3n) is 3.64. The van der Waals surface area contributed by atoms with Gasteiger partial charge in [0.05, 0.1) is 12.6 Å². The van der Waals surface area contributed by atoms with Gasteiger partial charge in [-0.1, -0.05) is 0 Å². The van der Waals surface area contributed by atoms with Crippen LogP contribution in [0.1, 0.15) is 30.2 Å². The molecule has 0 unspecified atom stereocenters. The fourth-order valence-electron chi connectivity index (χ4n) is 2.54. The first-order valence-electron chi connectivity index (χ1n) is 7.83. The molecular formula is C15H22N6O2. The third-order valence-corrected chi connectivity index (χ3v) is 3.64. The van der Waals surface area contributed by atoms with Gasteiger partial charge in [0.15, 0.2) is 0 Å². The summed E-state index contributed by atoms with van der Waals surface area (Å²) in [6.07, 6.45) is 6.19. The molecule has 1 atom stereocenters. The Labute approximate surface area is 135 Å². The largest absolute Gasteiger partial charge is 0.424 e. The Balaban J connectivity index is 1.46. The van der Waals surface area contributed by atoms with Crippen molar-refractivity contribution in [1.82, 2.24) is 25.1 Å². The van der Waals surface area contributed by atoms with Crippen LogP contribution < -0.4 is 5.32 Å². The van der Waals surface area contributed by atoms with Crippen LogP contribution in [0, 0.1) is 6.92 Å². The lowest BCUT2D eigenvalue weighted by atomic mass is 10.2. The van der Waals surface area contributed by atoms with Gasteiger partial charge in [-0.3, -0.25) is 4.90 Å². The van der Waals surface area contributed by atoms with E-state index in [2.05, 4.69) is 30.4 Å². The minimum Gasteiger partial charge on any atom is -0.424 e. The van der Waals surface area contributed by atoms with Crippen molar-refractivity contribution in [3.63, 3.8) is 0 Å². The molecule has 1 N–H and O–H groups in total. The smallest absolute Gasteiger partial charge is 0.230 e. The number of rotatable bonds is 7. The Bertz CT molecular complexity index is 609. The molecule has 1 saturated heterocycles. The Hall–Kier alpha value is -2.06. The fourth-order valence-corrected chi connectivity index (χ4v) is 2.54. The highest BCUT2D eigenvalue weighted by atomic mass is 16.5. The van der Waals surface area contributed by atoms with Gasteiger partial charge in [0.2, 0.25) is 17.7 Å².